The molecule has 0 aliphatic carbocycles. The number of benzene rings is 2. The zero-order valence-electron chi connectivity index (χ0n) is 11.8. The number of nitrogens with one attached hydrogen (secondary N) is 1. The monoisotopic (exact) mass is 299 g/mol. The second-order valence-electron chi connectivity index (χ2n) is 5.95. The molecule has 1 fully saturated rings. The maximum atomic E-state index is 6.36. The zero-order valence-corrected chi connectivity index (χ0v) is 12.6. The Bertz CT molecular complexity index is 647. The molecule has 1 saturated heterocycles. The van der Waals surface area contributed by atoms with Gasteiger partial charge in [0.2, 0.25) is 0 Å². The third kappa shape index (κ3) is 2.05. The molecule has 0 saturated carbocycles. The van der Waals surface area contributed by atoms with Crippen molar-refractivity contribution in [1.82, 2.24) is 5.32 Å². The SMILES string of the molecule is Clc1ccc(C2Oc3ccccc3C23CCNCC3)cc1. The van der Waals surface area contributed by atoms with Gasteiger partial charge < -0.3 is 10.1 Å². The Morgan fingerprint density at radius 1 is 1.00 bits per heavy atom. The van der Waals surface area contributed by atoms with Crippen LogP contribution in [0.5, 0.6) is 5.75 Å². The fraction of sp³-hybridized carbons (Fsp3) is 0.333. The van der Waals surface area contributed by atoms with Gasteiger partial charge in [0, 0.05) is 16.0 Å². The van der Waals surface area contributed by atoms with Crippen LogP contribution < -0.4 is 10.1 Å². The average Bonchev–Trinajstić information content (AvgIpc) is 2.84. The highest BCUT2D eigenvalue weighted by Crippen LogP contribution is 2.54. The van der Waals surface area contributed by atoms with Crippen LogP contribution >= 0.6 is 11.6 Å². The van der Waals surface area contributed by atoms with E-state index in [1.807, 2.05) is 12.1 Å². The summed E-state index contributed by atoms with van der Waals surface area (Å²) in [6.45, 7) is 2.09. The van der Waals surface area contributed by atoms with E-state index in [1.165, 1.54) is 11.1 Å². The predicted molar refractivity (Wildman–Crippen MR) is 85.0 cm³/mol. The summed E-state index contributed by atoms with van der Waals surface area (Å²) in [4.78, 5) is 0. The second-order valence-corrected chi connectivity index (χ2v) is 6.39. The Morgan fingerprint density at radius 2 is 1.71 bits per heavy atom. The Hall–Kier alpha value is -1.51. The van der Waals surface area contributed by atoms with Crippen molar-refractivity contribution in [2.24, 2.45) is 0 Å². The van der Waals surface area contributed by atoms with Crippen LogP contribution in [0.1, 0.15) is 30.1 Å². The summed E-state index contributed by atoms with van der Waals surface area (Å²) in [6.07, 6.45) is 2.31. The van der Waals surface area contributed by atoms with Crippen molar-refractivity contribution in [3.05, 3.63) is 64.7 Å². The number of piperidine rings is 1. The van der Waals surface area contributed by atoms with Crippen LogP contribution in [-0.4, -0.2) is 13.1 Å². The molecule has 21 heavy (non-hydrogen) atoms. The minimum Gasteiger partial charge on any atom is -0.484 e. The molecule has 2 aromatic carbocycles. The summed E-state index contributed by atoms with van der Waals surface area (Å²) in [5.41, 5.74) is 2.68. The van der Waals surface area contributed by atoms with Gasteiger partial charge in [-0.25, -0.2) is 0 Å². The van der Waals surface area contributed by atoms with Gasteiger partial charge in [0.25, 0.3) is 0 Å². The Balaban J connectivity index is 1.82. The van der Waals surface area contributed by atoms with E-state index < -0.39 is 0 Å². The number of ether oxygens (including phenoxy) is 1. The van der Waals surface area contributed by atoms with Gasteiger partial charge in [-0.15, -0.1) is 0 Å². The Morgan fingerprint density at radius 3 is 2.48 bits per heavy atom. The van der Waals surface area contributed by atoms with E-state index in [2.05, 4.69) is 41.7 Å². The van der Waals surface area contributed by atoms with Crippen LogP contribution in [0.25, 0.3) is 0 Å². The molecule has 1 spiro atoms. The number of para-hydroxylation sites is 1. The van der Waals surface area contributed by atoms with E-state index in [0.29, 0.717) is 0 Å². The first kappa shape index (κ1) is 13.2. The van der Waals surface area contributed by atoms with Crippen molar-refractivity contribution in [2.45, 2.75) is 24.4 Å². The van der Waals surface area contributed by atoms with Crippen molar-refractivity contribution in [3.8, 4) is 5.75 Å². The molecule has 2 aliphatic heterocycles. The molecule has 3 heteroatoms. The van der Waals surface area contributed by atoms with Crippen LogP contribution in [0.4, 0.5) is 0 Å². The molecule has 1 unspecified atom stereocenters. The van der Waals surface area contributed by atoms with Crippen LogP contribution in [0.3, 0.4) is 0 Å². The number of halogens is 1. The average molecular weight is 300 g/mol. The van der Waals surface area contributed by atoms with E-state index >= 15 is 0 Å². The van der Waals surface area contributed by atoms with Crippen LogP contribution in [0.2, 0.25) is 5.02 Å². The van der Waals surface area contributed by atoms with Crippen LogP contribution in [-0.2, 0) is 5.41 Å². The van der Waals surface area contributed by atoms with Gasteiger partial charge in [-0.05, 0) is 49.7 Å². The molecule has 0 radical (unpaired) electrons. The molecule has 0 amide bonds. The molecule has 4 rings (SSSR count). The molecular weight excluding hydrogens is 282 g/mol. The zero-order chi connectivity index (χ0) is 14.3. The van der Waals surface area contributed by atoms with E-state index in [9.17, 15) is 0 Å². The Labute approximate surface area is 130 Å². The summed E-state index contributed by atoms with van der Waals surface area (Å²) in [6, 6.07) is 16.6. The van der Waals surface area contributed by atoms with Crippen molar-refractivity contribution in [3.63, 3.8) is 0 Å². The van der Waals surface area contributed by atoms with Gasteiger partial charge in [-0.3, -0.25) is 0 Å². The van der Waals surface area contributed by atoms with Gasteiger partial charge in [0.1, 0.15) is 11.9 Å². The first-order chi connectivity index (χ1) is 10.3. The van der Waals surface area contributed by atoms with Crippen LogP contribution in [0, 0.1) is 0 Å². The van der Waals surface area contributed by atoms with Gasteiger partial charge in [-0.1, -0.05) is 41.9 Å². The molecular formula is C18H18ClNO. The summed E-state index contributed by atoms with van der Waals surface area (Å²) in [5.74, 6) is 1.04. The summed E-state index contributed by atoms with van der Waals surface area (Å²) >= 11 is 6.03. The topological polar surface area (TPSA) is 21.3 Å². The van der Waals surface area contributed by atoms with E-state index in [1.54, 1.807) is 0 Å². The van der Waals surface area contributed by atoms with Gasteiger partial charge in [0.15, 0.2) is 0 Å². The normalized spacial score (nSPS) is 22.8. The fourth-order valence-corrected chi connectivity index (χ4v) is 3.92. The highest BCUT2D eigenvalue weighted by molar-refractivity contribution is 6.30. The second kappa shape index (κ2) is 5.04. The minimum absolute atomic E-state index is 0.0919. The van der Waals surface area contributed by atoms with Crippen LogP contribution in [0.15, 0.2) is 48.5 Å². The third-order valence-electron chi connectivity index (χ3n) is 4.84. The molecule has 1 N–H and O–H groups in total. The minimum atomic E-state index is 0.0919. The van der Waals surface area contributed by atoms with Crippen molar-refractivity contribution >= 4 is 11.6 Å². The molecule has 2 nitrogen and oxygen atoms in total. The largest absolute Gasteiger partial charge is 0.484 e. The molecule has 0 aromatic heterocycles. The van der Waals surface area contributed by atoms with Gasteiger partial charge in [-0.2, -0.15) is 0 Å². The first-order valence-corrected chi connectivity index (χ1v) is 7.90. The lowest BCUT2D eigenvalue weighted by Crippen LogP contribution is -2.42. The molecule has 108 valence electrons. The quantitative estimate of drug-likeness (QED) is 0.856. The fourth-order valence-electron chi connectivity index (χ4n) is 3.79. The van der Waals surface area contributed by atoms with Crippen molar-refractivity contribution < 1.29 is 4.74 Å². The first-order valence-electron chi connectivity index (χ1n) is 7.52. The van der Waals surface area contributed by atoms with Gasteiger partial charge >= 0.3 is 0 Å². The summed E-state index contributed by atoms with van der Waals surface area (Å²) in [7, 11) is 0. The molecule has 1 atom stereocenters. The summed E-state index contributed by atoms with van der Waals surface area (Å²) in [5, 5.41) is 4.24. The lowest BCUT2D eigenvalue weighted by Gasteiger charge is -2.38. The number of rotatable bonds is 1. The standard InChI is InChI=1S/C18H18ClNO/c19-14-7-5-13(6-8-14)17-18(9-11-20-12-10-18)15-3-1-2-4-16(15)21-17/h1-8,17,20H,9-12H2. The highest BCUT2D eigenvalue weighted by atomic mass is 35.5. The molecule has 2 heterocycles. The maximum Gasteiger partial charge on any atom is 0.134 e. The van der Waals surface area contributed by atoms with Crippen molar-refractivity contribution in [1.29, 1.82) is 0 Å². The number of hydrogen-bond acceptors (Lipinski definition) is 2. The summed E-state index contributed by atoms with van der Waals surface area (Å²) < 4.78 is 6.36. The van der Waals surface area contributed by atoms with Crippen molar-refractivity contribution in [2.75, 3.05) is 13.1 Å². The van der Waals surface area contributed by atoms with E-state index in [4.69, 9.17) is 16.3 Å². The smallest absolute Gasteiger partial charge is 0.134 e. The predicted octanol–water partition coefficient (Wildman–Crippen LogP) is 4.09. The molecule has 2 aliphatic rings. The maximum absolute atomic E-state index is 6.36. The van der Waals surface area contributed by atoms with E-state index in [0.717, 1.165) is 36.7 Å². The lowest BCUT2D eigenvalue weighted by molar-refractivity contribution is 0.119. The highest BCUT2D eigenvalue weighted by Gasteiger charge is 2.49. The number of fused-ring (bicyclic) bond motifs is 2. The number of hydrogen-bond donors (Lipinski definition) is 1. The molecule has 0 bridgehead atoms. The molecule has 2 aromatic rings. The lowest BCUT2D eigenvalue weighted by atomic mass is 9.68. The third-order valence-corrected chi connectivity index (χ3v) is 5.09. The van der Waals surface area contributed by atoms with E-state index in [-0.39, 0.29) is 11.5 Å². The Kier molecular flexibility index (Phi) is 3.16. The van der Waals surface area contributed by atoms with Gasteiger partial charge in [0.05, 0.1) is 0 Å².